The molecule has 0 amide bonds. The maximum atomic E-state index is 8.84. The molecule has 1 N–H and O–H groups in total. The van der Waals surface area contributed by atoms with Crippen LogP contribution in [0.1, 0.15) is 19.8 Å². The third kappa shape index (κ3) is 1.12. The van der Waals surface area contributed by atoms with Gasteiger partial charge in [0, 0.05) is 6.42 Å². The van der Waals surface area contributed by atoms with E-state index in [0.29, 0.717) is 5.76 Å². The van der Waals surface area contributed by atoms with Crippen LogP contribution < -0.4 is 0 Å². The van der Waals surface area contributed by atoms with Crippen LogP contribution in [0.3, 0.4) is 0 Å². The smallest absolute Gasteiger partial charge is 0.0923 e. The molecule has 1 heteroatoms. The number of hydrogen-bond acceptors (Lipinski definition) is 1. The third-order valence-electron chi connectivity index (χ3n) is 1.32. The number of aliphatic hydroxyl groups is 1. The lowest BCUT2D eigenvalue weighted by Gasteiger charge is -2.03. The molecule has 0 fully saturated rings. The standard InChI is InChI=1S/C7H10O/c1-6-2-4-7(8)5-3-6/h2,5,8H,3-4H2,1H3. The summed E-state index contributed by atoms with van der Waals surface area (Å²) < 4.78 is 0. The molecular formula is C7H10O. The highest BCUT2D eigenvalue weighted by molar-refractivity contribution is 5.15. The number of hydrogen-bond donors (Lipinski definition) is 1. The maximum Gasteiger partial charge on any atom is 0.0923 e. The monoisotopic (exact) mass is 110 g/mol. The molecular weight excluding hydrogens is 100 g/mol. The second-order valence-corrected chi connectivity index (χ2v) is 2.15. The summed E-state index contributed by atoms with van der Waals surface area (Å²) in [5, 5.41) is 8.84. The van der Waals surface area contributed by atoms with Gasteiger partial charge in [-0.1, -0.05) is 11.6 Å². The van der Waals surface area contributed by atoms with E-state index in [1.807, 2.05) is 6.08 Å². The van der Waals surface area contributed by atoms with Crippen LogP contribution in [0.15, 0.2) is 23.5 Å². The minimum atomic E-state index is 0.510. The second-order valence-electron chi connectivity index (χ2n) is 2.15. The van der Waals surface area contributed by atoms with Gasteiger partial charge in [-0.05, 0) is 19.4 Å². The predicted molar refractivity (Wildman–Crippen MR) is 33.7 cm³/mol. The van der Waals surface area contributed by atoms with Gasteiger partial charge in [0.25, 0.3) is 0 Å². The minimum absolute atomic E-state index is 0.510. The topological polar surface area (TPSA) is 20.2 Å². The summed E-state index contributed by atoms with van der Waals surface area (Å²) in [6.07, 6.45) is 5.56. The lowest BCUT2D eigenvalue weighted by atomic mass is 10.1. The van der Waals surface area contributed by atoms with E-state index in [1.54, 1.807) is 0 Å². The Kier molecular flexibility index (Phi) is 1.38. The summed E-state index contributed by atoms with van der Waals surface area (Å²) in [6, 6.07) is 0. The van der Waals surface area contributed by atoms with Crippen LogP contribution in [0.5, 0.6) is 0 Å². The van der Waals surface area contributed by atoms with Gasteiger partial charge in [0.15, 0.2) is 0 Å². The second kappa shape index (κ2) is 2.03. The van der Waals surface area contributed by atoms with Gasteiger partial charge in [0.2, 0.25) is 0 Å². The molecule has 0 aromatic rings. The first kappa shape index (κ1) is 5.42. The molecule has 0 heterocycles. The molecule has 0 saturated carbocycles. The molecule has 0 unspecified atom stereocenters. The molecule has 0 saturated heterocycles. The number of rotatable bonds is 0. The Morgan fingerprint density at radius 2 is 2.12 bits per heavy atom. The Bertz CT molecular complexity index is 124. The van der Waals surface area contributed by atoms with Crippen molar-refractivity contribution in [2.75, 3.05) is 0 Å². The predicted octanol–water partition coefficient (Wildman–Crippen LogP) is 2.17. The van der Waals surface area contributed by atoms with Crippen molar-refractivity contribution >= 4 is 0 Å². The van der Waals surface area contributed by atoms with E-state index in [1.165, 1.54) is 5.57 Å². The van der Waals surface area contributed by atoms with Crippen LogP contribution >= 0.6 is 0 Å². The number of aliphatic hydroxyl groups excluding tert-OH is 1. The molecule has 0 atom stereocenters. The molecule has 0 bridgehead atoms. The van der Waals surface area contributed by atoms with Crippen LogP contribution in [0.4, 0.5) is 0 Å². The Morgan fingerprint density at radius 3 is 2.50 bits per heavy atom. The third-order valence-corrected chi connectivity index (χ3v) is 1.32. The lowest BCUT2D eigenvalue weighted by molar-refractivity contribution is 0.396. The van der Waals surface area contributed by atoms with E-state index in [2.05, 4.69) is 13.0 Å². The maximum absolute atomic E-state index is 8.84. The first-order chi connectivity index (χ1) is 3.79. The molecule has 1 aliphatic carbocycles. The fourth-order valence-corrected chi connectivity index (χ4v) is 0.724. The summed E-state index contributed by atoms with van der Waals surface area (Å²) in [6.45, 7) is 2.07. The molecule has 1 aliphatic rings. The molecule has 0 aromatic heterocycles. The first-order valence-electron chi connectivity index (χ1n) is 2.82. The van der Waals surface area contributed by atoms with E-state index in [-0.39, 0.29) is 0 Å². The van der Waals surface area contributed by atoms with Gasteiger partial charge in [-0.15, -0.1) is 0 Å². The Labute approximate surface area is 49.3 Å². The van der Waals surface area contributed by atoms with Gasteiger partial charge in [-0.3, -0.25) is 0 Å². The fourth-order valence-electron chi connectivity index (χ4n) is 0.724. The normalized spacial score (nSPS) is 19.6. The minimum Gasteiger partial charge on any atom is -0.512 e. The van der Waals surface area contributed by atoms with Crippen molar-refractivity contribution in [3.05, 3.63) is 23.5 Å². The molecule has 1 nitrogen and oxygen atoms in total. The van der Waals surface area contributed by atoms with Gasteiger partial charge in [-0.25, -0.2) is 0 Å². The summed E-state index contributed by atoms with van der Waals surface area (Å²) in [4.78, 5) is 0. The molecule has 0 radical (unpaired) electrons. The largest absolute Gasteiger partial charge is 0.512 e. The average Bonchev–Trinajstić information content (AvgIpc) is 1.77. The fraction of sp³-hybridized carbons (Fsp3) is 0.429. The van der Waals surface area contributed by atoms with Crippen molar-refractivity contribution in [1.29, 1.82) is 0 Å². The SMILES string of the molecule is CC1=CCC(O)=CC1. The molecule has 8 heavy (non-hydrogen) atoms. The summed E-state index contributed by atoms with van der Waals surface area (Å²) >= 11 is 0. The molecule has 1 rings (SSSR count). The molecule has 0 aromatic carbocycles. The molecule has 0 spiro atoms. The van der Waals surface area contributed by atoms with Crippen molar-refractivity contribution in [3.63, 3.8) is 0 Å². The van der Waals surface area contributed by atoms with E-state index in [4.69, 9.17) is 5.11 Å². The van der Waals surface area contributed by atoms with Gasteiger partial charge in [0.05, 0.1) is 5.76 Å². The zero-order valence-corrected chi connectivity index (χ0v) is 5.02. The molecule has 0 aliphatic heterocycles. The Hall–Kier alpha value is -0.720. The molecule has 44 valence electrons. The van der Waals surface area contributed by atoms with Crippen molar-refractivity contribution in [2.24, 2.45) is 0 Å². The van der Waals surface area contributed by atoms with Crippen molar-refractivity contribution in [2.45, 2.75) is 19.8 Å². The first-order valence-corrected chi connectivity index (χ1v) is 2.82. The van der Waals surface area contributed by atoms with Crippen LogP contribution in [0, 0.1) is 0 Å². The van der Waals surface area contributed by atoms with Crippen LogP contribution in [0.2, 0.25) is 0 Å². The lowest BCUT2D eigenvalue weighted by Crippen LogP contribution is -1.86. The summed E-state index contributed by atoms with van der Waals surface area (Å²) in [7, 11) is 0. The average molecular weight is 110 g/mol. The Morgan fingerprint density at radius 1 is 1.38 bits per heavy atom. The highest BCUT2D eigenvalue weighted by Crippen LogP contribution is 2.13. The van der Waals surface area contributed by atoms with E-state index < -0.39 is 0 Å². The zero-order chi connectivity index (χ0) is 5.98. The van der Waals surface area contributed by atoms with Crippen molar-refractivity contribution in [3.8, 4) is 0 Å². The van der Waals surface area contributed by atoms with Crippen LogP contribution in [-0.4, -0.2) is 5.11 Å². The van der Waals surface area contributed by atoms with E-state index >= 15 is 0 Å². The summed E-state index contributed by atoms with van der Waals surface area (Å²) in [5.41, 5.74) is 1.35. The van der Waals surface area contributed by atoms with Crippen LogP contribution in [-0.2, 0) is 0 Å². The van der Waals surface area contributed by atoms with E-state index in [9.17, 15) is 0 Å². The quantitative estimate of drug-likeness (QED) is 0.474. The van der Waals surface area contributed by atoms with Gasteiger partial charge < -0.3 is 5.11 Å². The van der Waals surface area contributed by atoms with Crippen molar-refractivity contribution in [1.82, 2.24) is 0 Å². The highest BCUT2D eigenvalue weighted by atomic mass is 16.3. The number of allylic oxidation sites excluding steroid dienone is 3. The van der Waals surface area contributed by atoms with E-state index in [0.717, 1.165) is 12.8 Å². The Balaban J connectivity index is 2.54. The van der Waals surface area contributed by atoms with Crippen LogP contribution in [0.25, 0.3) is 0 Å². The highest BCUT2D eigenvalue weighted by Gasteiger charge is 1.96. The van der Waals surface area contributed by atoms with Crippen molar-refractivity contribution < 1.29 is 5.11 Å². The zero-order valence-electron chi connectivity index (χ0n) is 5.02. The van der Waals surface area contributed by atoms with Gasteiger partial charge in [0.1, 0.15) is 0 Å². The summed E-state index contributed by atoms with van der Waals surface area (Å²) in [5.74, 6) is 0.510. The van der Waals surface area contributed by atoms with Gasteiger partial charge >= 0.3 is 0 Å². The van der Waals surface area contributed by atoms with Gasteiger partial charge in [-0.2, -0.15) is 0 Å².